The van der Waals surface area contributed by atoms with Gasteiger partial charge in [-0.2, -0.15) is 0 Å². The van der Waals surface area contributed by atoms with Crippen LogP contribution < -0.4 is 10.3 Å². The third kappa shape index (κ3) is 4.17. The molecule has 3 aromatic rings. The quantitative estimate of drug-likeness (QED) is 0.429. The van der Waals surface area contributed by atoms with Gasteiger partial charge in [-0.3, -0.25) is 18.9 Å². The number of hydrogen-bond donors (Lipinski definition) is 1. The number of nitrogens with one attached hydrogen (secondary N) is 1. The lowest BCUT2D eigenvalue weighted by atomic mass is 10.1. The van der Waals surface area contributed by atoms with Crippen LogP contribution in [0, 0.1) is 6.92 Å². The van der Waals surface area contributed by atoms with E-state index in [0.717, 1.165) is 36.3 Å². The van der Waals surface area contributed by atoms with E-state index in [1.807, 2.05) is 0 Å². The minimum atomic E-state index is -3.43. The highest BCUT2D eigenvalue weighted by Gasteiger charge is 2.26. The van der Waals surface area contributed by atoms with Crippen LogP contribution in [0.15, 0.2) is 29.1 Å². The van der Waals surface area contributed by atoms with Crippen LogP contribution >= 0.6 is 11.3 Å². The fourth-order valence-electron chi connectivity index (χ4n) is 3.69. The zero-order chi connectivity index (χ0) is 23.2. The summed E-state index contributed by atoms with van der Waals surface area (Å²) in [5.74, 6) is -0.396. The molecule has 0 fully saturated rings. The molecule has 1 N–H and O–H groups in total. The van der Waals surface area contributed by atoms with Gasteiger partial charge in [0.2, 0.25) is 15.8 Å². The van der Waals surface area contributed by atoms with Gasteiger partial charge in [-0.1, -0.05) is 0 Å². The lowest BCUT2D eigenvalue weighted by molar-refractivity contribution is 0.0323. The minimum Gasteiger partial charge on any atom is -0.450 e. The number of benzene rings is 1. The van der Waals surface area contributed by atoms with Gasteiger partial charge in [0.25, 0.3) is 5.56 Å². The second-order valence-electron chi connectivity index (χ2n) is 7.69. The molecule has 0 bridgehead atoms. The Labute approximate surface area is 188 Å². The smallest absolute Gasteiger partial charge is 0.349 e. The number of ether oxygens (including phenoxy) is 1. The maximum atomic E-state index is 12.8. The first-order chi connectivity index (χ1) is 15.0. The standard InChI is InChI=1S/C21H21N3O6S2/c1-11-16-19(22-15-5-4-10-24(15)20(16)26)31-18(11)21(27)30-12(2)17(25)13-6-8-14(9-7-13)23-32(3,28)29/h6-9,12,23H,4-5,10H2,1-3H3/t12-/m1/s1. The number of fused-ring (bicyclic) bond motifs is 2. The first-order valence-corrected chi connectivity index (χ1v) is 12.6. The molecular formula is C21H21N3O6S2. The highest BCUT2D eigenvalue weighted by molar-refractivity contribution is 7.92. The van der Waals surface area contributed by atoms with Crippen molar-refractivity contribution in [2.75, 3.05) is 11.0 Å². The fourth-order valence-corrected chi connectivity index (χ4v) is 5.33. The number of hydrogen-bond acceptors (Lipinski definition) is 8. The number of anilines is 1. The van der Waals surface area contributed by atoms with Crippen molar-refractivity contribution < 1.29 is 22.7 Å². The molecule has 0 unspecified atom stereocenters. The number of carbonyl (C=O) groups excluding carboxylic acids is 2. The number of aromatic nitrogens is 2. The Bertz CT molecular complexity index is 1400. The van der Waals surface area contributed by atoms with Crippen LogP contribution in [-0.4, -0.2) is 42.1 Å². The lowest BCUT2D eigenvalue weighted by Crippen LogP contribution is -2.24. The van der Waals surface area contributed by atoms with Gasteiger partial charge in [0.05, 0.1) is 11.6 Å². The van der Waals surface area contributed by atoms with E-state index in [-0.39, 0.29) is 16.0 Å². The molecule has 9 nitrogen and oxygen atoms in total. The molecule has 1 atom stereocenters. The Morgan fingerprint density at radius 1 is 1.25 bits per heavy atom. The Kier molecular flexibility index (Phi) is 5.63. The summed E-state index contributed by atoms with van der Waals surface area (Å²) in [5, 5.41) is 0.417. The van der Waals surface area contributed by atoms with Gasteiger partial charge in [-0.15, -0.1) is 11.3 Å². The molecule has 0 spiro atoms. The summed E-state index contributed by atoms with van der Waals surface area (Å²) < 4.78 is 31.9. The highest BCUT2D eigenvalue weighted by Crippen LogP contribution is 2.29. The topological polar surface area (TPSA) is 124 Å². The second kappa shape index (κ2) is 8.14. The van der Waals surface area contributed by atoms with Gasteiger partial charge in [0.15, 0.2) is 6.10 Å². The average Bonchev–Trinajstić information content (AvgIpc) is 3.32. The fraction of sp³-hybridized carbons (Fsp3) is 0.333. The van der Waals surface area contributed by atoms with Gasteiger partial charge in [0.1, 0.15) is 15.5 Å². The SMILES string of the molecule is Cc1c(C(=O)O[C@H](C)C(=O)c2ccc(NS(C)(=O)=O)cc2)sc2nc3n(c(=O)c12)CCC3. The molecule has 1 aromatic carbocycles. The summed E-state index contributed by atoms with van der Waals surface area (Å²) in [6.45, 7) is 3.77. The first-order valence-electron chi connectivity index (χ1n) is 9.91. The monoisotopic (exact) mass is 475 g/mol. The molecule has 3 heterocycles. The number of Topliss-reactive ketones (excluding diaryl/α,β-unsaturated/α-hetero) is 1. The maximum Gasteiger partial charge on any atom is 0.349 e. The molecule has 0 saturated heterocycles. The molecule has 32 heavy (non-hydrogen) atoms. The van der Waals surface area contributed by atoms with Crippen molar-refractivity contribution in [2.24, 2.45) is 0 Å². The number of sulfonamides is 1. The van der Waals surface area contributed by atoms with Crippen LogP contribution in [0.25, 0.3) is 10.2 Å². The van der Waals surface area contributed by atoms with E-state index >= 15 is 0 Å². The second-order valence-corrected chi connectivity index (χ2v) is 10.4. The Balaban J connectivity index is 1.53. The Morgan fingerprint density at radius 3 is 2.59 bits per heavy atom. The van der Waals surface area contributed by atoms with E-state index < -0.39 is 27.9 Å². The number of carbonyl (C=O) groups is 2. The van der Waals surface area contributed by atoms with Crippen molar-refractivity contribution in [3.63, 3.8) is 0 Å². The molecule has 2 aromatic heterocycles. The van der Waals surface area contributed by atoms with E-state index in [0.29, 0.717) is 28.0 Å². The predicted molar refractivity (Wildman–Crippen MR) is 121 cm³/mol. The number of nitrogens with zero attached hydrogens (tertiary/aromatic N) is 2. The number of aryl methyl sites for hydroxylation is 2. The average molecular weight is 476 g/mol. The Hall–Kier alpha value is -3.05. The van der Waals surface area contributed by atoms with E-state index in [2.05, 4.69) is 9.71 Å². The molecule has 0 saturated carbocycles. The normalized spacial score (nSPS) is 14.2. The summed E-state index contributed by atoms with van der Waals surface area (Å²) in [7, 11) is -3.43. The third-order valence-electron chi connectivity index (χ3n) is 5.22. The molecule has 0 aliphatic carbocycles. The third-order valence-corrected chi connectivity index (χ3v) is 6.99. The first kappa shape index (κ1) is 22.2. The van der Waals surface area contributed by atoms with Crippen molar-refractivity contribution in [1.29, 1.82) is 0 Å². The molecule has 1 aliphatic rings. The van der Waals surface area contributed by atoms with E-state index in [1.165, 1.54) is 31.2 Å². The van der Waals surface area contributed by atoms with Gasteiger partial charge in [0, 0.05) is 24.2 Å². The van der Waals surface area contributed by atoms with Crippen molar-refractivity contribution in [1.82, 2.24) is 9.55 Å². The molecule has 4 rings (SSSR count). The summed E-state index contributed by atoms with van der Waals surface area (Å²) >= 11 is 1.09. The van der Waals surface area contributed by atoms with Gasteiger partial charge in [-0.25, -0.2) is 18.2 Å². The Morgan fingerprint density at radius 2 is 1.94 bits per heavy atom. The lowest BCUT2D eigenvalue weighted by Gasteiger charge is -2.12. The van der Waals surface area contributed by atoms with Crippen LogP contribution in [0.3, 0.4) is 0 Å². The van der Waals surface area contributed by atoms with E-state index in [1.54, 1.807) is 11.5 Å². The van der Waals surface area contributed by atoms with Crippen LogP contribution in [-0.2, 0) is 27.7 Å². The van der Waals surface area contributed by atoms with E-state index in [4.69, 9.17) is 4.74 Å². The van der Waals surface area contributed by atoms with Crippen molar-refractivity contribution >= 4 is 49.0 Å². The van der Waals surface area contributed by atoms with Crippen LogP contribution in [0.5, 0.6) is 0 Å². The number of thiophene rings is 1. The van der Waals surface area contributed by atoms with E-state index in [9.17, 15) is 22.8 Å². The predicted octanol–water partition coefficient (Wildman–Crippen LogP) is 2.51. The van der Waals surface area contributed by atoms with Crippen LogP contribution in [0.2, 0.25) is 0 Å². The summed E-state index contributed by atoms with van der Waals surface area (Å²) in [5.41, 5.74) is 0.946. The molecule has 0 radical (unpaired) electrons. The van der Waals surface area contributed by atoms with Crippen LogP contribution in [0.1, 0.15) is 44.8 Å². The number of ketones is 1. The maximum absolute atomic E-state index is 12.8. The summed E-state index contributed by atoms with van der Waals surface area (Å²) in [6.07, 6.45) is 1.56. The van der Waals surface area contributed by atoms with Crippen molar-refractivity contribution in [3.05, 3.63) is 56.4 Å². The zero-order valence-electron chi connectivity index (χ0n) is 17.7. The van der Waals surface area contributed by atoms with Crippen molar-refractivity contribution in [2.45, 2.75) is 39.3 Å². The zero-order valence-corrected chi connectivity index (χ0v) is 19.3. The number of esters is 1. The summed E-state index contributed by atoms with van der Waals surface area (Å²) in [4.78, 5) is 43.5. The highest BCUT2D eigenvalue weighted by atomic mass is 32.2. The van der Waals surface area contributed by atoms with Gasteiger partial charge < -0.3 is 4.74 Å². The van der Waals surface area contributed by atoms with Gasteiger partial charge in [-0.05, 0) is 50.1 Å². The molecule has 168 valence electrons. The summed E-state index contributed by atoms with van der Waals surface area (Å²) in [6, 6.07) is 5.82. The number of rotatable bonds is 6. The van der Waals surface area contributed by atoms with Crippen LogP contribution in [0.4, 0.5) is 5.69 Å². The van der Waals surface area contributed by atoms with Gasteiger partial charge >= 0.3 is 5.97 Å². The largest absolute Gasteiger partial charge is 0.450 e. The van der Waals surface area contributed by atoms with Crippen molar-refractivity contribution in [3.8, 4) is 0 Å². The molecule has 1 aliphatic heterocycles. The minimum absolute atomic E-state index is 0.151. The molecular weight excluding hydrogens is 454 g/mol. The molecule has 11 heteroatoms. The molecule has 0 amide bonds.